The number of ether oxygens (including phenoxy) is 2. The fourth-order valence-corrected chi connectivity index (χ4v) is 3.39. The molecule has 0 saturated heterocycles. The van der Waals surface area contributed by atoms with E-state index >= 15 is 0 Å². The van der Waals surface area contributed by atoms with Crippen molar-refractivity contribution in [2.45, 2.75) is 39.8 Å². The summed E-state index contributed by atoms with van der Waals surface area (Å²) in [5.74, 6) is 1.54. The predicted octanol–water partition coefficient (Wildman–Crippen LogP) is 4.89. The lowest BCUT2D eigenvalue weighted by molar-refractivity contribution is 0.0947. The number of rotatable bonds is 9. The first-order chi connectivity index (χ1) is 13.5. The zero-order valence-corrected chi connectivity index (χ0v) is 16.9. The Labute approximate surface area is 166 Å². The number of benzene rings is 2. The second-order valence-electron chi connectivity index (χ2n) is 6.79. The van der Waals surface area contributed by atoms with Crippen molar-refractivity contribution in [2.75, 3.05) is 13.2 Å². The van der Waals surface area contributed by atoms with Gasteiger partial charge in [0.05, 0.1) is 19.3 Å². The Bertz CT molecular complexity index is 948. The van der Waals surface area contributed by atoms with E-state index in [-0.39, 0.29) is 17.9 Å². The first-order valence-electron chi connectivity index (χ1n) is 9.81. The Morgan fingerprint density at radius 1 is 1.04 bits per heavy atom. The Kier molecular flexibility index (Phi) is 6.37. The molecule has 148 valence electrons. The summed E-state index contributed by atoms with van der Waals surface area (Å²) < 4.78 is 11.3. The first-order valence-corrected chi connectivity index (χ1v) is 9.81. The molecule has 0 fully saturated rings. The van der Waals surface area contributed by atoms with Crippen LogP contribution in [-0.2, 0) is 0 Å². The van der Waals surface area contributed by atoms with Gasteiger partial charge in [-0.25, -0.2) is 0 Å². The van der Waals surface area contributed by atoms with Crippen molar-refractivity contribution in [3.8, 4) is 11.5 Å². The summed E-state index contributed by atoms with van der Waals surface area (Å²) >= 11 is 0. The van der Waals surface area contributed by atoms with Gasteiger partial charge in [0.25, 0.3) is 0 Å². The molecule has 3 rings (SSSR count). The van der Waals surface area contributed by atoms with E-state index in [2.05, 4.69) is 10.3 Å². The zero-order chi connectivity index (χ0) is 20.1. The largest absolute Gasteiger partial charge is 0.490 e. The molecule has 1 aromatic heterocycles. The van der Waals surface area contributed by atoms with Crippen molar-refractivity contribution in [1.82, 2.24) is 10.3 Å². The molecule has 0 aliphatic heterocycles. The Morgan fingerprint density at radius 2 is 1.75 bits per heavy atom. The number of para-hydroxylation sites is 1. The van der Waals surface area contributed by atoms with E-state index in [1.54, 1.807) is 6.20 Å². The van der Waals surface area contributed by atoms with Crippen LogP contribution in [0.25, 0.3) is 10.9 Å². The van der Waals surface area contributed by atoms with Crippen molar-refractivity contribution in [2.24, 2.45) is 0 Å². The van der Waals surface area contributed by atoms with Crippen LogP contribution < -0.4 is 14.8 Å². The number of nitrogens with one attached hydrogen (secondary N) is 2. The molecule has 28 heavy (non-hydrogen) atoms. The van der Waals surface area contributed by atoms with E-state index < -0.39 is 0 Å². The van der Waals surface area contributed by atoms with Gasteiger partial charge < -0.3 is 19.8 Å². The second-order valence-corrected chi connectivity index (χ2v) is 6.79. The Hall–Kier alpha value is -2.79. The van der Waals surface area contributed by atoms with Crippen LogP contribution in [0.1, 0.15) is 49.7 Å². The summed E-state index contributed by atoms with van der Waals surface area (Å²) in [6.07, 6.45) is 1.79. The number of ketones is 1. The number of fused-ring (bicyclic) bond motifs is 1. The second kappa shape index (κ2) is 8.93. The van der Waals surface area contributed by atoms with Crippen LogP contribution in [0.5, 0.6) is 11.5 Å². The first kappa shape index (κ1) is 20.0. The van der Waals surface area contributed by atoms with Gasteiger partial charge in [0.15, 0.2) is 17.3 Å². The molecule has 0 bridgehead atoms. The summed E-state index contributed by atoms with van der Waals surface area (Å²) in [4.78, 5) is 16.1. The van der Waals surface area contributed by atoms with Crippen LogP contribution in [-0.4, -0.2) is 30.0 Å². The van der Waals surface area contributed by atoms with E-state index in [9.17, 15) is 4.79 Å². The van der Waals surface area contributed by atoms with Crippen LogP contribution in [0.3, 0.4) is 0 Å². The quantitative estimate of drug-likeness (QED) is 0.519. The molecule has 5 nitrogen and oxygen atoms in total. The molecule has 2 N–H and O–H groups in total. The van der Waals surface area contributed by atoms with Gasteiger partial charge in [-0.05, 0) is 51.5 Å². The molecule has 0 aliphatic rings. The average molecular weight is 380 g/mol. The van der Waals surface area contributed by atoms with E-state index in [1.165, 1.54) is 0 Å². The minimum atomic E-state index is -0.323. The fraction of sp³-hybridized carbons (Fsp3) is 0.348. The molecule has 5 heteroatoms. The maximum atomic E-state index is 13.0. The molecule has 2 aromatic carbocycles. The molecule has 0 radical (unpaired) electrons. The molecule has 0 aliphatic carbocycles. The standard InChI is InChI=1S/C23H28N2O3/c1-5-27-21-12-11-17(13-22(21)28-6-2)15(3)25-16(4)23(26)19-14-24-20-10-8-7-9-18(19)20/h7-16,24-25H,5-6H2,1-4H3/t15-,16+/m1/s1. The molecule has 0 spiro atoms. The Balaban J connectivity index is 1.75. The molecule has 0 unspecified atom stereocenters. The summed E-state index contributed by atoms with van der Waals surface area (Å²) in [5.41, 5.74) is 2.73. The molecule has 0 saturated carbocycles. The number of hydrogen-bond donors (Lipinski definition) is 2. The van der Waals surface area contributed by atoms with Crippen molar-refractivity contribution in [3.05, 3.63) is 59.8 Å². The average Bonchev–Trinajstić information content (AvgIpc) is 3.13. The van der Waals surface area contributed by atoms with Gasteiger partial charge in [-0.1, -0.05) is 24.3 Å². The minimum Gasteiger partial charge on any atom is -0.490 e. The number of hydrogen-bond acceptors (Lipinski definition) is 4. The van der Waals surface area contributed by atoms with Gasteiger partial charge in [0.2, 0.25) is 0 Å². The van der Waals surface area contributed by atoms with Crippen LogP contribution in [0.15, 0.2) is 48.7 Å². The van der Waals surface area contributed by atoms with Gasteiger partial charge in [-0.3, -0.25) is 4.79 Å². The van der Waals surface area contributed by atoms with E-state index in [0.717, 1.165) is 28.0 Å². The predicted molar refractivity (Wildman–Crippen MR) is 112 cm³/mol. The fourth-order valence-electron chi connectivity index (χ4n) is 3.39. The number of carbonyl (C=O) groups excluding carboxylic acids is 1. The van der Waals surface area contributed by atoms with Crippen LogP contribution in [0.4, 0.5) is 0 Å². The SMILES string of the molecule is CCOc1ccc([C@@H](C)N[C@@H](C)C(=O)c2c[nH]c3ccccc23)cc1OCC. The van der Waals surface area contributed by atoms with Gasteiger partial charge in [-0.2, -0.15) is 0 Å². The maximum Gasteiger partial charge on any atom is 0.181 e. The third-order valence-electron chi connectivity index (χ3n) is 4.82. The Morgan fingerprint density at radius 3 is 2.50 bits per heavy atom. The molecule has 3 aromatic rings. The smallest absolute Gasteiger partial charge is 0.181 e. The molecule has 1 heterocycles. The summed E-state index contributed by atoms with van der Waals surface area (Å²) in [6.45, 7) is 9.01. The number of carbonyl (C=O) groups is 1. The van der Waals surface area contributed by atoms with E-state index in [1.807, 2.05) is 70.2 Å². The highest BCUT2D eigenvalue weighted by Gasteiger charge is 2.21. The lowest BCUT2D eigenvalue weighted by Crippen LogP contribution is -2.35. The zero-order valence-electron chi connectivity index (χ0n) is 16.9. The molecular formula is C23H28N2O3. The number of aromatic nitrogens is 1. The maximum absolute atomic E-state index is 13.0. The van der Waals surface area contributed by atoms with Crippen LogP contribution >= 0.6 is 0 Å². The minimum absolute atomic E-state index is 0.0148. The van der Waals surface area contributed by atoms with Crippen molar-refractivity contribution < 1.29 is 14.3 Å². The van der Waals surface area contributed by atoms with Crippen LogP contribution in [0, 0.1) is 0 Å². The molecular weight excluding hydrogens is 352 g/mol. The number of Topliss-reactive ketones (excluding diaryl/α,β-unsaturated/α-hetero) is 1. The van der Waals surface area contributed by atoms with Gasteiger partial charge in [-0.15, -0.1) is 0 Å². The van der Waals surface area contributed by atoms with Crippen molar-refractivity contribution >= 4 is 16.7 Å². The van der Waals surface area contributed by atoms with Gasteiger partial charge in [0, 0.05) is 28.7 Å². The van der Waals surface area contributed by atoms with Crippen LogP contribution in [0.2, 0.25) is 0 Å². The lowest BCUT2D eigenvalue weighted by atomic mass is 10.0. The molecule has 2 atom stereocenters. The highest BCUT2D eigenvalue weighted by Crippen LogP contribution is 2.31. The molecule has 0 amide bonds. The van der Waals surface area contributed by atoms with Gasteiger partial charge in [0.1, 0.15) is 0 Å². The van der Waals surface area contributed by atoms with Crippen molar-refractivity contribution in [1.29, 1.82) is 0 Å². The summed E-state index contributed by atoms with van der Waals surface area (Å²) in [5, 5.41) is 4.36. The highest BCUT2D eigenvalue weighted by atomic mass is 16.5. The van der Waals surface area contributed by atoms with Gasteiger partial charge >= 0.3 is 0 Å². The third-order valence-corrected chi connectivity index (χ3v) is 4.82. The van der Waals surface area contributed by atoms with E-state index in [4.69, 9.17) is 9.47 Å². The number of aromatic amines is 1. The van der Waals surface area contributed by atoms with Crippen molar-refractivity contribution in [3.63, 3.8) is 0 Å². The summed E-state index contributed by atoms with van der Waals surface area (Å²) in [7, 11) is 0. The summed E-state index contributed by atoms with van der Waals surface area (Å²) in [6, 6.07) is 13.4. The topological polar surface area (TPSA) is 63.3 Å². The normalized spacial score (nSPS) is 13.3. The highest BCUT2D eigenvalue weighted by molar-refractivity contribution is 6.10. The lowest BCUT2D eigenvalue weighted by Gasteiger charge is -2.21. The number of H-pyrrole nitrogens is 1. The third kappa shape index (κ3) is 4.20. The monoisotopic (exact) mass is 380 g/mol. The van der Waals surface area contributed by atoms with E-state index in [0.29, 0.717) is 18.8 Å².